The summed E-state index contributed by atoms with van der Waals surface area (Å²) in [5, 5.41) is 0. The number of ether oxygens (including phenoxy) is 1. The Labute approximate surface area is 242 Å². The second-order valence-corrected chi connectivity index (χ2v) is 11.3. The van der Waals surface area contributed by atoms with Crippen molar-refractivity contribution >= 4 is 34.2 Å². The van der Waals surface area contributed by atoms with Crippen molar-refractivity contribution in [3.05, 3.63) is 88.7 Å². The number of hydrogen-bond donors (Lipinski definition) is 0. The van der Waals surface area contributed by atoms with Crippen molar-refractivity contribution in [3.8, 4) is 0 Å². The molecule has 7 heteroatoms. The van der Waals surface area contributed by atoms with Gasteiger partial charge in [-0.1, -0.05) is 43.3 Å². The topological polar surface area (TPSA) is 67.7 Å². The molecule has 1 aliphatic heterocycles. The molecule has 5 rings (SSSR count). The maximum atomic E-state index is 14.3. The number of rotatable bonds is 9. The summed E-state index contributed by atoms with van der Waals surface area (Å²) in [4.78, 5) is 36.4. The van der Waals surface area contributed by atoms with Crippen LogP contribution in [0.2, 0.25) is 0 Å². The smallest absolute Gasteiger partial charge is 0.247 e. The van der Waals surface area contributed by atoms with Crippen molar-refractivity contribution in [2.45, 2.75) is 66.0 Å². The van der Waals surface area contributed by atoms with Gasteiger partial charge in [-0.3, -0.25) is 9.59 Å². The van der Waals surface area contributed by atoms with Gasteiger partial charge in [0.25, 0.3) is 0 Å². The number of imidazole rings is 1. The van der Waals surface area contributed by atoms with Gasteiger partial charge in [0.1, 0.15) is 12.4 Å². The number of methoxy groups -OCH3 is 1. The lowest BCUT2D eigenvalue weighted by molar-refractivity contribution is -0.120. The first kappa shape index (κ1) is 28.6. The number of aromatic nitrogens is 2. The van der Waals surface area contributed by atoms with Crippen molar-refractivity contribution in [2.24, 2.45) is 0 Å². The highest BCUT2D eigenvalue weighted by molar-refractivity contribution is 5.98. The largest absolute Gasteiger partial charge is 0.383 e. The Balaban J connectivity index is 1.54. The van der Waals surface area contributed by atoms with Crippen molar-refractivity contribution in [1.29, 1.82) is 0 Å². The van der Waals surface area contributed by atoms with Crippen LogP contribution >= 0.6 is 0 Å². The molecule has 7 nitrogen and oxygen atoms in total. The van der Waals surface area contributed by atoms with E-state index in [9.17, 15) is 9.59 Å². The Hall–Kier alpha value is -3.97. The molecule has 2 unspecified atom stereocenters. The fourth-order valence-electron chi connectivity index (χ4n) is 6.28. The lowest BCUT2D eigenvalue weighted by atomic mass is 10.0. The predicted octanol–water partition coefficient (Wildman–Crippen LogP) is 6.11. The lowest BCUT2D eigenvalue weighted by Crippen LogP contribution is -2.44. The highest BCUT2D eigenvalue weighted by Crippen LogP contribution is 2.35. The number of nitrogens with zero attached hydrogens (tertiary/aromatic N) is 4. The maximum Gasteiger partial charge on any atom is 0.247 e. The second kappa shape index (κ2) is 11.9. The fourth-order valence-corrected chi connectivity index (χ4v) is 6.28. The molecule has 0 spiro atoms. The molecular weight excluding hydrogens is 512 g/mol. The summed E-state index contributed by atoms with van der Waals surface area (Å²) in [6.07, 6.45) is 1.17. The van der Waals surface area contributed by atoms with Gasteiger partial charge in [-0.2, -0.15) is 0 Å². The number of benzene rings is 3. The van der Waals surface area contributed by atoms with E-state index in [2.05, 4.69) is 44.2 Å². The molecule has 0 N–H and O–H groups in total. The van der Waals surface area contributed by atoms with E-state index in [0.717, 1.165) is 56.9 Å². The quantitative estimate of drug-likeness (QED) is 0.251. The molecule has 1 saturated heterocycles. The maximum absolute atomic E-state index is 14.3. The van der Waals surface area contributed by atoms with Crippen LogP contribution in [-0.4, -0.2) is 47.7 Å². The number of amides is 2. The number of anilines is 2. The summed E-state index contributed by atoms with van der Waals surface area (Å²) < 4.78 is 7.53. The van der Waals surface area contributed by atoms with Crippen molar-refractivity contribution < 1.29 is 14.3 Å². The van der Waals surface area contributed by atoms with Crippen LogP contribution in [0.25, 0.3) is 11.0 Å². The molecule has 41 heavy (non-hydrogen) atoms. The molecule has 4 aromatic rings. The first-order valence-electron chi connectivity index (χ1n) is 14.4. The van der Waals surface area contributed by atoms with Crippen LogP contribution in [0.3, 0.4) is 0 Å². The fraction of sp³-hybridized carbons (Fsp3) is 0.382. The number of para-hydroxylation sites is 3. The minimum absolute atomic E-state index is 0.0292. The van der Waals surface area contributed by atoms with E-state index in [1.54, 1.807) is 7.11 Å². The minimum atomic E-state index is -0.162. The zero-order chi connectivity index (χ0) is 29.3. The van der Waals surface area contributed by atoms with Gasteiger partial charge in [0.05, 0.1) is 29.4 Å². The van der Waals surface area contributed by atoms with Gasteiger partial charge in [-0.25, -0.2) is 4.98 Å². The number of carbonyl (C=O) groups excluding carboxylic acids is 2. The number of carbonyl (C=O) groups is 2. The molecule has 1 aliphatic rings. The molecule has 0 saturated carbocycles. The van der Waals surface area contributed by atoms with E-state index in [4.69, 9.17) is 9.72 Å². The third kappa shape index (κ3) is 5.64. The van der Waals surface area contributed by atoms with Crippen LogP contribution in [-0.2, 0) is 27.3 Å². The van der Waals surface area contributed by atoms with E-state index in [-0.39, 0.29) is 30.3 Å². The molecule has 2 heterocycles. The summed E-state index contributed by atoms with van der Waals surface area (Å²) in [6.45, 7) is 11.4. The van der Waals surface area contributed by atoms with E-state index in [1.807, 2.05) is 65.5 Å². The molecule has 1 fully saturated rings. The van der Waals surface area contributed by atoms with Gasteiger partial charge < -0.3 is 19.1 Å². The Bertz CT molecular complexity index is 1570. The summed E-state index contributed by atoms with van der Waals surface area (Å²) in [6, 6.07) is 20.2. The van der Waals surface area contributed by atoms with Crippen LogP contribution in [0.15, 0.2) is 60.7 Å². The predicted molar refractivity (Wildman–Crippen MR) is 165 cm³/mol. The molecule has 0 radical (unpaired) electrons. The van der Waals surface area contributed by atoms with Gasteiger partial charge in [-0.15, -0.1) is 0 Å². The highest BCUT2D eigenvalue weighted by atomic mass is 16.5. The van der Waals surface area contributed by atoms with E-state index in [1.165, 1.54) is 0 Å². The summed E-state index contributed by atoms with van der Waals surface area (Å²) >= 11 is 0. The zero-order valence-corrected chi connectivity index (χ0v) is 25.0. The third-order valence-corrected chi connectivity index (χ3v) is 8.05. The SMILES string of the molecule is CCc1cccc(C)c1N(C(=O)Cn1c(C2CC(=O)N(c3cc(C)cc(C)c3)C2)nc2ccccc21)C(C)COC. The van der Waals surface area contributed by atoms with Crippen molar-refractivity contribution in [1.82, 2.24) is 9.55 Å². The summed E-state index contributed by atoms with van der Waals surface area (Å²) in [5.74, 6) is 0.698. The molecule has 2 atom stereocenters. The van der Waals surface area contributed by atoms with Gasteiger partial charge in [0.15, 0.2) is 0 Å². The standard InChI is InChI=1S/C34H40N4O3/c1-7-26-12-10-11-24(4)33(26)38(25(5)21-41-6)32(40)20-37-30-14-9-8-13-29(30)35-34(37)27-18-31(39)36(19-27)28-16-22(2)15-23(3)17-28/h8-17,25,27H,7,18-21H2,1-6H3. The first-order valence-corrected chi connectivity index (χ1v) is 14.4. The van der Waals surface area contributed by atoms with Crippen molar-refractivity contribution in [3.63, 3.8) is 0 Å². The molecule has 2 amide bonds. The van der Waals surface area contributed by atoms with E-state index in [0.29, 0.717) is 19.6 Å². The summed E-state index contributed by atoms with van der Waals surface area (Å²) in [7, 11) is 1.66. The second-order valence-electron chi connectivity index (χ2n) is 11.3. The van der Waals surface area contributed by atoms with Gasteiger partial charge in [-0.05, 0) is 80.6 Å². The number of aryl methyl sites for hydroxylation is 4. The van der Waals surface area contributed by atoms with E-state index >= 15 is 0 Å². The van der Waals surface area contributed by atoms with Gasteiger partial charge in [0.2, 0.25) is 11.8 Å². The molecule has 3 aromatic carbocycles. The van der Waals surface area contributed by atoms with Crippen LogP contribution in [0.4, 0.5) is 11.4 Å². The van der Waals surface area contributed by atoms with Crippen molar-refractivity contribution in [2.75, 3.05) is 30.1 Å². The zero-order valence-electron chi connectivity index (χ0n) is 25.0. The summed E-state index contributed by atoms with van der Waals surface area (Å²) in [5.41, 5.74) is 8.03. The molecule has 214 valence electrons. The third-order valence-electron chi connectivity index (χ3n) is 8.05. The normalized spacial score (nSPS) is 16.0. The highest BCUT2D eigenvalue weighted by Gasteiger charge is 2.36. The Morgan fingerprint density at radius 1 is 1.07 bits per heavy atom. The Morgan fingerprint density at radius 2 is 1.80 bits per heavy atom. The average molecular weight is 553 g/mol. The van der Waals surface area contributed by atoms with Crippen LogP contribution < -0.4 is 9.80 Å². The van der Waals surface area contributed by atoms with Crippen LogP contribution in [0.1, 0.15) is 54.3 Å². The molecular formula is C34H40N4O3. The van der Waals surface area contributed by atoms with Crippen LogP contribution in [0.5, 0.6) is 0 Å². The van der Waals surface area contributed by atoms with Gasteiger partial charge >= 0.3 is 0 Å². The van der Waals surface area contributed by atoms with E-state index < -0.39 is 0 Å². The molecule has 0 aliphatic carbocycles. The number of fused-ring (bicyclic) bond motifs is 1. The molecule has 0 bridgehead atoms. The molecule has 1 aromatic heterocycles. The lowest BCUT2D eigenvalue weighted by Gasteiger charge is -2.32. The van der Waals surface area contributed by atoms with Crippen LogP contribution in [0, 0.1) is 20.8 Å². The Kier molecular flexibility index (Phi) is 8.27. The minimum Gasteiger partial charge on any atom is -0.383 e. The first-order chi connectivity index (χ1) is 19.7. The van der Waals surface area contributed by atoms with Gasteiger partial charge in [0, 0.05) is 31.7 Å². The number of hydrogen-bond acceptors (Lipinski definition) is 4. The Morgan fingerprint density at radius 3 is 2.51 bits per heavy atom. The monoisotopic (exact) mass is 552 g/mol. The average Bonchev–Trinajstić information content (AvgIpc) is 3.49.